The molecule has 0 saturated heterocycles. The zero-order valence-corrected chi connectivity index (χ0v) is 16.8. The van der Waals surface area contributed by atoms with Crippen molar-refractivity contribution in [3.8, 4) is 5.75 Å². The van der Waals surface area contributed by atoms with E-state index in [4.69, 9.17) is 4.74 Å². The standard InChI is InChI=1S/C16H24F3N3O.HI/c1-10(2)22-15(20-5)21-9-12-6-7-13(23-11(3)4)8-14(12)16(17,18)19;/h6-8,10-11H,9H2,1-5H3,(H2,20,21,22);1H. The summed E-state index contributed by atoms with van der Waals surface area (Å²) >= 11 is 0. The lowest BCUT2D eigenvalue weighted by atomic mass is 10.1. The molecular weight excluding hydrogens is 434 g/mol. The van der Waals surface area contributed by atoms with Crippen molar-refractivity contribution in [3.05, 3.63) is 29.3 Å². The highest BCUT2D eigenvalue weighted by Gasteiger charge is 2.33. The molecule has 0 spiro atoms. The SMILES string of the molecule is CN=C(NCc1ccc(OC(C)C)cc1C(F)(F)F)NC(C)C.I. The Morgan fingerprint density at radius 2 is 1.83 bits per heavy atom. The summed E-state index contributed by atoms with van der Waals surface area (Å²) < 4.78 is 45.1. The maximum absolute atomic E-state index is 13.3. The van der Waals surface area contributed by atoms with Gasteiger partial charge in [-0.25, -0.2) is 0 Å². The number of aliphatic imine (C=N–C) groups is 1. The summed E-state index contributed by atoms with van der Waals surface area (Å²) in [5.41, 5.74) is -0.566. The summed E-state index contributed by atoms with van der Waals surface area (Å²) in [5, 5.41) is 5.92. The number of hydrogen-bond donors (Lipinski definition) is 2. The van der Waals surface area contributed by atoms with E-state index in [1.54, 1.807) is 27.0 Å². The third-order valence-corrected chi connectivity index (χ3v) is 2.85. The molecular formula is C16H25F3IN3O. The molecule has 0 unspecified atom stereocenters. The first-order valence-electron chi connectivity index (χ1n) is 7.47. The van der Waals surface area contributed by atoms with E-state index in [0.717, 1.165) is 6.07 Å². The molecule has 0 aliphatic carbocycles. The first-order valence-corrected chi connectivity index (χ1v) is 7.47. The van der Waals surface area contributed by atoms with Crippen molar-refractivity contribution >= 4 is 29.9 Å². The summed E-state index contributed by atoms with van der Waals surface area (Å²) in [6.45, 7) is 7.40. The molecule has 0 bridgehead atoms. The number of alkyl halides is 3. The number of halogens is 4. The number of hydrogen-bond acceptors (Lipinski definition) is 2. The molecule has 0 aliphatic heterocycles. The third-order valence-electron chi connectivity index (χ3n) is 2.85. The quantitative estimate of drug-likeness (QED) is 0.395. The lowest BCUT2D eigenvalue weighted by Gasteiger charge is -2.18. The molecule has 0 amide bonds. The van der Waals surface area contributed by atoms with Gasteiger partial charge in [-0.2, -0.15) is 13.2 Å². The smallest absolute Gasteiger partial charge is 0.416 e. The third kappa shape index (κ3) is 7.59. The maximum atomic E-state index is 13.3. The first-order chi connectivity index (χ1) is 10.6. The molecule has 4 nitrogen and oxygen atoms in total. The minimum atomic E-state index is -4.44. The van der Waals surface area contributed by atoms with Crippen molar-refractivity contribution in [2.75, 3.05) is 7.05 Å². The average molecular weight is 459 g/mol. The van der Waals surface area contributed by atoms with E-state index in [1.807, 2.05) is 13.8 Å². The average Bonchev–Trinajstić information content (AvgIpc) is 2.42. The normalized spacial score (nSPS) is 12.2. The molecule has 138 valence electrons. The van der Waals surface area contributed by atoms with Crippen LogP contribution in [0.1, 0.15) is 38.8 Å². The molecule has 0 aliphatic rings. The fourth-order valence-corrected chi connectivity index (χ4v) is 1.97. The van der Waals surface area contributed by atoms with Gasteiger partial charge >= 0.3 is 6.18 Å². The van der Waals surface area contributed by atoms with Crippen molar-refractivity contribution in [1.29, 1.82) is 0 Å². The summed E-state index contributed by atoms with van der Waals surface area (Å²) in [5.74, 6) is 0.663. The number of nitrogens with one attached hydrogen (secondary N) is 2. The molecule has 0 aromatic heterocycles. The lowest BCUT2D eigenvalue weighted by Crippen LogP contribution is -2.40. The largest absolute Gasteiger partial charge is 0.491 e. The van der Waals surface area contributed by atoms with Gasteiger partial charge in [0.15, 0.2) is 5.96 Å². The fraction of sp³-hybridized carbons (Fsp3) is 0.562. The van der Waals surface area contributed by atoms with Crippen LogP contribution in [0.2, 0.25) is 0 Å². The van der Waals surface area contributed by atoms with Crippen molar-refractivity contribution < 1.29 is 17.9 Å². The summed E-state index contributed by atoms with van der Waals surface area (Å²) in [6, 6.07) is 4.14. The number of rotatable bonds is 5. The number of guanidine groups is 1. The second kappa shape index (κ2) is 9.95. The van der Waals surface area contributed by atoms with Gasteiger partial charge in [-0.15, -0.1) is 24.0 Å². The molecule has 0 fully saturated rings. The van der Waals surface area contributed by atoms with Gasteiger partial charge in [-0.05, 0) is 45.4 Å². The van der Waals surface area contributed by atoms with E-state index in [0.29, 0.717) is 5.96 Å². The predicted molar refractivity (Wildman–Crippen MR) is 101 cm³/mol. The van der Waals surface area contributed by atoms with Crippen molar-refractivity contribution in [2.45, 2.75) is 52.6 Å². The second-order valence-corrected chi connectivity index (χ2v) is 5.71. The van der Waals surface area contributed by atoms with Crippen LogP contribution in [0.15, 0.2) is 23.2 Å². The van der Waals surface area contributed by atoms with E-state index in [2.05, 4.69) is 15.6 Å². The minimum Gasteiger partial charge on any atom is -0.491 e. The van der Waals surface area contributed by atoms with Crippen molar-refractivity contribution in [2.24, 2.45) is 4.99 Å². The Morgan fingerprint density at radius 3 is 2.29 bits per heavy atom. The topological polar surface area (TPSA) is 45.7 Å². The molecule has 1 aromatic rings. The van der Waals surface area contributed by atoms with Crippen LogP contribution in [0.5, 0.6) is 5.75 Å². The molecule has 0 saturated carbocycles. The summed E-state index contributed by atoms with van der Waals surface area (Å²) in [4.78, 5) is 3.98. The Balaban J connectivity index is 0.00000529. The zero-order valence-electron chi connectivity index (χ0n) is 14.5. The molecule has 1 rings (SSSR count). The Hall–Kier alpha value is -1.19. The highest BCUT2D eigenvalue weighted by atomic mass is 127. The van der Waals surface area contributed by atoms with E-state index < -0.39 is 11.7 Å². The molecule has 8 heteroatoms. The minimum absolute atomic E-state index is 0. The van der Waals surface area contributed by atoms with Gasteiger partial charge in [-0.1, -0.05) is 6.07 Å². The van der Waals surface area contributed by atoms with E-state index >= 15 is 0 Å². The first kappa shape index (κ1) is 22.8. The maximum Gasteiger partial charge on any atom is 0.416 e. The Morgan fingerprint density at radius 1 is 1.21 bits per heavy atom. The number of nitrogens with zero attached hydrogens (tertiary/aromatic N) is 1. The van der Waals surface area contributed by atoms with Gasteiger partial charge in [0.2, 0.25) is 0 Å². The molecule has 0 heterocycles. The highest BCUT2D eigenvalue weighted by Crippen LogP contribution is 2.34. The van der Waals surface area contributed by atoms with E-state index in [-0.39, 0.29) is 54.0 Å². The molecule has 0 atom stereocenters. The van der Waals surface area contributed by atoms with Crippen LogP contribution in [0, 0.1) is 0 Å². The van der Waals surface area contributed by atoms with Crippen molar-refractivity contribution in [3.63, 3.8) is 0 Å². The van der Waals surface area contributed by atoms with Crippen LogP contribution in [-0.2, 0) is 12.7 Å². The van der Waals surface area contributed by atoms with Gasteiger partial charge in [0, 0.05) is 19.6 Å². The van der Waals surface area contributed by atoms with Gasteiger partial charge in [0.25, 0.3) is 0 Å². The van der Waals surface area contributed by atoms with Crippen LogP contribution in [0.3, 0.4) is 0 Å². The predicted octanol–water partition coefficient (Wildman–Crippen LogP) is 4.18. The van der Waals surface area contributed by atoms with Crippen LogP contribution < -0.4 is 15.4 Å². The van der Waals surface area contributed by atoms with Crippen LogP contribution in [0.4, 0.5) is 13.2 Å². The summed E-state index contributed by atoms with van der Waals surface area (Å²) in [7, 11) is 1.57. The summed E-state index contributed by atoms with van der Waals surface area (Å²) in [6.07, 6.45) is -4.63. The van der Waals surface area contributed by atoms with Crippen LogP contribution in [0.25, 0.3) is 0 Å². The molecule has 24 heavy (non-hydrogen) atoms. The van der Waals surface area contributed by atoms with Gasteiger partial charge < -0.3 is 15.4 Å². The van der Waals surface area contributed by atoms with E-state index in [9.17, 15) is 13.2 Å². The van der Waals surface area contributed by atoms with Gasteiger partial charge in [0.05, 0.1) is 11.7 Å². The monoisotopic (exact) mass is 459 g/mol. The van der Waals surface area contributed by atoms with E-state index in [1.165, 1.54) is 6.07 Å². The zero-order chi connectivity index (χ0) is 17.6. The van der Waals surface area contributed by atoms with Crippen LogP contribution in [-0.4, -0.2) is 25.2 Å². The van der Waals surface area contributed by atoms with Gasteiger partial charge in [-0.3, -0.25) is 4.99 Å². The number of benzene rings is 1. The Bertz CT molecular complexity index is 546. The molecule has 1 aromatic carbocycles. The Labute approximate surface area is 158 Å². The van der Waals surface area contributed by atoms with Crippen molar-refractivity contribution in [1.82, 2.24) is 10.6 Å². The molecule has 0 radical (unpaired) electrons. The van der Waals surface area contributed by atoms with Gasteiger partial charge in [0.1, 0.15) is 5.75 Å². The fourth-order valence-electron chi connectivity index (χ4n) is 1.97. The second-order valence-electron chi connectivity index (χ2n) is 5.71. The molecule has 2 N–H and O–H groups in total. The number of ether oxygens (including phenoxy) is 1. The lowest BCUT2D eigenvalue weighted by molar-refractivity contribution is -0.138. The van der Waals surface area contributed by atoms with Crippen LogP contribution >= 0.6 is 24.0 Å². The highest BCUT2D eigenvalue weighted by molar-refractivity contribution is 14.0. The Kier molecular flexibility index (Phi) is 9.46.